The molecule has 40 nitrogen and oxygen atoms in total. The molecule has 3 atom stereocenters. The molecule has 1 heterocycles. The minimum Gasteiger partial charge on any atom is -0.481 e. The SMILES string of the molecule is CCCCCCOCCOCC(=O)NCCOCCOCC(=O)CCCOCCOCC(=O)NCCOCCOCC(=O)NCCCC[C@H](NCC(=O)C(C)(C)CC(=O)[C@@H](N)Cc1cnc[nH]1)C(=O)CC[C@@H](CCCCNC(=O)COCCOCCCC(=O)COCCOCCNC(=O)COCCOCCCC(=O)COCCOCCNC(=O)CC)C(=O)O. The number of imidazole rings is 1. The van der Waals surface area contributed by atoms with Crippen LogP contribution >= 0.6 is 0 Å². The van der Waals surface area contributed by atoms with Crippen molar-refractivity contribution in [1.29, 1.82) is 0 Å². The van der Waals surface area contributed by atoms with Crippen LogP contribution in [0.1, 0.15) is 162 Å². The predicted molar refractivity (Wildman–Crippen MR) is 452 cm³/mol. The monoisotopic (exact) mass is 1780 g/mol. The van der Waals surface area contributed by atoms with E-state index < -0.39 is 29.4 Å². The molecule has 40 heteroatoms. The second-order valence-corrected chi connectivity index (χ2v) is 29.6. The molecule has 0 saturated carbocycles. The molecule has 0 spiro atoms. The van der Waals surface area contributed by atoms with E-state index in [1.165, 1.54) is 19.2 Å². The molecule has 714 valence electrons. The maximum Gasteiger partial charge on any atom is 0.306 e. The van der Waals surface area contributed by atoms with Gasteiger partial charge >= 0.3 is 5.97 Å². The molecule has 1 aromatic rings. The number of ether oxygens (including phenoxy) is 16. The van der Waals surface area contributed by atoms with Gasteiger partial charge in [-0.25, -0.2) is 4.98 Å². The number of amides is 6. The zero-order valence-electron chi connectivity index (χ0n) is 74.1. The van der Waals surface area contributed by atoms with Crippen LogP contribution in [0, 0.1) is 11.3 Å². The Hall–Kier alpha value is -7.20. The fourth-order valence-electron chi connectivity index (χ4n) is 11.1. The average Bonchev–Trinajstić information content (AvgIpc) is 0.946. The summed E-state index contributed by atoms with van der Waals surface area (Å²) in [6.45, 7) is 14.3. The van der Waals surface area contributed by atoms with Gasteiger partial charge in [0.1, 0.15) is 58.6 Å². The van der Waals surface area contributed by atoms with Crippen molar-refractivity contribution in [3.63, 3.8) is 0 Å². The van der Waals surface area contributed by atoms with Gasteiger partial charge in [-0.15, -0.1) is 0 Å². The third kappa shape index (κ3) is 72.9. The van der Waals surface area contributed by atoms with Crippen LogP contribution in [0.3, 0.4) is 0 Å². The first-order chi connectivity index (χ1) is 60.1. The summed E-state index contributed by atoms with van der Waals surface area (Å²) in [6, 6.07) is -1.73. The summed E-state index contributed by atoms with van der Waals surface area (Å²) in [6.07, 6.45) is 12.6. The minimum atomic E-state index is -1.14. The van der Waals surface area contributed by atoms with Gasteiger partial charge in [0, 0.05) is 128 Å². The Bertz CT molecular complexity index is 2980. The molecule has 0 radical (unpaired) electrons. The van der Waals surface area contributed by atoms with Crippen LogP contribution in [0.25, 0.3) is 0 Å². The number of ketones is 6. The van der Waals surface area contributed by atoms with Crippen LogP contribution in [0.4, 0.5) is 0 Å². The summed E-state index contributed by atoms with van der Waals surface area (Å²) < 4.78 is 86.5. The van der Waals surface area contributed by atoms with E-state index in [0.717, 1.165) is 12.8 Å². The molecular formula is C84H148N10O30. The van der Waals surface area contributed by atoms with E-state index in [9.17, 15) is 67.4 Å². The van der Waals surface area contributed by atoms with E-state index in [1.54, 1.807) is 27.0 Å². The van der Waals surface area contributed by atoms with E-state index in [4.69, 9.17) is 81.5 Å². The number of aliphatic carboxylic acids is 1. The molecule has 1 rings (SSSR count). The Morgan fingerprint density at radius 3 is 1.09 bits per heavy atom. The first kappa shape index (κ1) is 115. The third-order valence-electron chi connectivity index (χ3n) is 18.2. The Labute approximate surface area is 730 Å². The number of nitrogens with zero attached hydrogens (tertiary/aromatic N) is 1. The zero-order chi connectivity index (χ0) is 90.8. The van der Waals surface area contributed by atoms with Crippen molar-refractivity contribution in [2.24, 2.45) is 17.1 Å². The normalized spacial score (nSPS) is 12.2. The van der Waals surface area contributed by atoms with Crippen molar-refractivity contribution in [2.45, 2.75) is 175 Å². The number of hydrogen-bond acceptors (Lipinski definition) is 32. The number of hydrogen-bond donors (Lipinski definition) is 10. The van der Waals surface area contributed by atoms with Crippen molar-refractivity contribution in [1.82, 2.24) is 47.2 Å². The number of carbonyl (C=O) groups excluding carboxylic acids is 12. The Kier molecular flexibility index (Phi) is 75.5. The molecule has 0 bridgehead atoms. The molecular weight excluding hydrogens is 1630 g/mol. The van der Waals surface area contributed by atoms with Crippen molar-refractivity contribution >= 4 is 76.1 Å². The number of nitrogens with two attached hydrogens (primary N) is 1. The highest BCUT2D eigenvalue weighted by Crippen LogP contribution is 2.24. The first-order valence-corrected chi connectivity index (χ1v) is 43.7. The number of carboxylic acid groups (broad SMARTS) is 1. The summed E-state index contributed by atoms with van der Waals surface area (Å²) in [4.78, 5) is 169. The van der Waals surface area contributed by atoms with Crippen molar-refractivity contribution in [3.8, 4) is 0 Å². The second-order valence-electron chi connectivity index (χ2n) is 29.6. The van der Waals surface area contributed by atoms with E-state index >= 15 is 0 Å². The third-order valence-corrected chi connectivity index (χ3v) is 18.2. The second kappa shape index (κ2) is 81.5. The summed E-state index contributed by atoms with van der Waals surface area (Å²) >= 11 is 0. The number of Topliss-reactive ketones (excluding diaryl/α,β-unsaturated/α-hetero) is 6. The lowest BCUT2D eigenvalue weighted by atomic mass is 9.81. The molecule has 124 heavy (non-hydrogen) atoms. The van der Waals surface area contributed by atoms with Gasteiger partial charge in [0.2, 0.25) is 35.4 Å². The standard InChI is InChI=1S/C84H148N10O30/c1-5-7-8-13-30-109-38-49-121-63-80(104)90-27-35-114-43-47-119-60-71(97)20-16-33-112-41-52-123-65-82(106)92-29-37-116-45-53-124-62-79(103)88-25-12-10-21-73(93-57-76(100)84(3,4)55-75(99)72(85)54-68-56-86-66-94-68)74(98)23-22-67(83(107)108)17-9-11-24-87-78(102)61-120-50-39-110-31-14-18-70(96)59-118-48-44-115-36-28-91-81(105)64-122-51-40-111-32-15-19-69(95)58-117-46-42-113-34-26-89-77(101)6-2/h56,66-67,72-73,93H,5-55,57-65,85H2,1-4H3,(H,86,94)(H,87,102)(H,88,103)(H,89,101)(H,90,104)(H,91,105)(H,92,106)(H,107,108)/t67-,72+,73+/m1/s1. The maximum atomic E-state index is 13.9. The van der Waals surface area contributed by atoms with Crippen molar-refractivity contribution < 1.29 is 143 Å². The van der Waals surface area contributed by atoms with Crippen LogP contribution in [-0.2, 0) is 145 Å². The predicted octanol–water partition coefficient (Wildman–Crippen LogP) is 1.18. The number of aromatic nitrogens is 2. The lowest BCUT2D eigenvalue weighted by Crippen LogP contribution is -2.45. The van der Waals surface area contributed by atoms with Gasteiger partial charge in [-0.2, -0.15) is 0 Å². The van der Waals surface area contributed by atoms with Crippen LogP contribution in [0.15, 0.2) is 12.5 Å². The molecule has 1 aromatic heterocycles. The van der Waals surface area contributed by atoms with Crippen LogP contribution in [0.5, 0.6) is 0 Å². The van der Waals surface area contributed by atoms with E-state index in [-0.39, 0.29) is 306 Å². The Morgan fingerprint density at radius 1 is 0.379 bits per heavy atom. The number of carbonyl (C=O) groups is 13. The maximum absolute atomic E-state index is 13.9. The molecule has 0 unspecified atom stereocenters. The summed E-state index contributed by atoms with van der Waals surface area (Å²) in [5.74, 6) is -4.82. The van der Waals surface area contributed by atoms with Crippen LogP contribution in [-0.4, -0.2) is 361 Å². The average molecular weight is 1780 g/mol. The van der Waals surface area contributed by atoms with Gasteiger partial charge in [-0.05, 0) is 64.2 Å². The van der Waals surface area contributed by atoms with E-state index in [2.05, 4.69) is 54.1 Å². The number of H-pyrrole nitrogens is 1. The lowest BCUT2D eigenvalue weighted by Gasteiger charge is -2.26. The number of carboxylic acids is 1. The molecule has 0 saturated heterocycles. The molecule has 0 aliphatic carbocycles. The summed E-state index contributed by atoms with van der Waals surface area (Å²) in [5.41, 5.74) is 5.72. The molecule has 11 N–H and O–H groups in total. The smallest absolute Gasteiger partial charge is 0.306 e. The van der Waals surface area contributed by atoms with Gasteiger partial charge < -0.3 is 129 Å². The number of nitrogens with one attached hydrogen (secondary N) is 8. The van der Waals surface area contributed by atoms with Gasteiger partial charge in [0.05, 0.1) is 163 Å². The van der Waals surface area contributed by atoms with Gasteiger partial charge in [0.15, 0.2) is 28.9 Å². The van der Waals surface area contributed by atoms with Crippen LogP contribution in [0.2, 0.25) is 0 Å². The molecule has 0 aliphatic heterocycles. The lowest BCUT2D eigenvalue weighted by molar-refractivity contribution is -0.142. The molecule has 6 amide bonds. The topological polar surface area (TPSA) is 529 Å². The fraction of sp³-hybridized carbons (Fsp3) is 0.810. The highest BCUT2D eigenvalue weighted by Gasteiger charge is 2.33. The van der Waals surface area contributed by atoms with Crippen molar-refractivity contribution in [3.05, 3.63) is 18.2 Å². The number of rotatable bonds is 94. The molecule has 0 aromatic carbocycles. The van der Waals surface area contributed by atoms with Gasteiger partial charge in [-0.3, -0.25) is 62.3 Å². The first-order valence-electron chi connectivity index (χ1n) is 43.7. The zero-order valence-corrected chi connectivity index (χ0v) is 74.1. The van der Waals surface area contributed by atoms with Gasteiger partial charge in [0.25, 0.3) is 0 Å². The number of aromatic amines is 1. The molecule has 0 aliphatic rings. The van der Waals surface area contributed by atoms with E-state index in [0.29, 0.717) is 136 Å². The number of unbranched alkanes of at least 4 members (excludes halogenated alkanes) is 5. The Balaban J connectivity index is 2.24. The molecule has 0 fully saturated rings. The van der Waals surface area contributed by atoms with Gasteiger partial charge in [-0.1, -0.05) is 53.4 Å². The highest BCUT2D eigenvalue weighted by molar-refractivity contribution is 5.94. The highest BCUT2D eigenvalue weighted by atomic mass is 16.6. The van der Waals surface area contributed by atoms with E-state index in [1.807, 2.05) is 0 Å². The Morgan fingerprint density at radius 2 is 0.726 bits per heavy atom. The summed E-state index contributed by atoms with van der Waals surface area (Å²) in [7, 11) is 0. The fourth-order valence-corrected chi connectivity index (χ4v) is 11.1. The van der Waals surface area contributed by atoms with Crippen molar-refractivity contribution in [2.75, 3.05) is 257 Å². The quantitative estimate of drug-likeness (QED) is 0.0409. The largest absolute Gasteiger partial charge is 0.481 e. The minimum absolute atomic E-state index is 0.0108. The van der Waals surface area contributed by atoms with Crippen LogP contribution < -0.4 is 43.0 Å². The summed E-state index contributed by atoms with van der Waals surface area (Å²) in [5, 5.41) is 29.5.